The second-order valence-electron chi connectivity index (χ2n) is 8.79. The summed E-state index contributed by atoms with van der Waals surface area (Å²) >= 11 is 0. The average molecular weight is 473 g/mol. The molecular weight excluding hydrogens is 453 g/mol. The molecule has 0 spiro atoms. The highest BCUT2D eigenvalue weighted by Gasteiger charge is 2.35. The number of phenols is 1. The van der Waals surface area contributed by atoms with E-state index >= 15 is 4.39 Å². The largest absolute Gasteiger partial charge is 0.508 e. The van der Waals surface area contributed by atoms with Crippen molar-refractivity contribution in [3.05, 3.63) is 80.4 Å². The summed E-state index contributed by atoms with van der Waals surface area (Å²) < 4.78 is 21.5. The molecule has 0 amide bonds. The summed E-state index contributed by atoms with van der Waals surface area (Å²) in [5.41, 5.74) is 10.5. The van der Waals surface area contributed by atoms with E-state index < -0.39 is 17.9 Å². The molecule has 4 aromatic rings. The van der Waals surface area contributed by atoms with E-state index in [-0.39, 0.29) is 42.1 Å². The van der Waals surface area contributed by atoms with Gasteiger partial charge in [-0.25, -0.2) is 14.2 Å². The number of nitrogens with two attached hydrogens (primary N) is 1. The van der Waals surface area contributed by atoms with E-state index in [2.05, 4.69) is 0 Å². The lowest BCUT2D eigenvalue weighted by molar-refractivity contribution is -0.157. The van der Waals surface area contributed by atoms with E-state index in [0.29, 0.717) is 50.1 Å². The minimum absolute atomic E-state index is 0.0441. The van der Waals surface area contributed by atoms with Crippen LogP contribution in [-0.2, 0) is 29.2 Å². The van der Waals surface area contributed by atoms with Crippen LogP contribution in [0.15, 0.2) is 41.2 Å². The fraction of sp³-hybridized carbons (Fsp3) is 0.192. The number of esters is 1. The number of aliphatic hydroxyl groups is 1. The van der Waals surface area contributed by atoms with Gasteiger partial charge < -0.3 is 25.3 Å². The highest BCUT2D eigenvalue weighted by molar-refractivity contribution is 6.01. The Labute approximate surface area is 198 Å². The molecule has 2 aromatic heterocycles. The van der Waals surface area contributed by atoms with Gasteiger partial charge in [0.15, 0.2) is 6.10 Å². The number of nitrogens with zero attached hydrogens (tertiary/aromatic N) is 2. The van der Waals surface area contributed by atoms with Crippen molar-refractivity contribution in [3.63, 3.8) is 0 Å². The van der Waals surface area contributed by atoms with E-state index in [4.69, 9.17) is 15.5 Å². The molecule has 9 heteroatoms. The van der Waals surface area contributed by atoms with E-state index in [0.717, 1.165) is 0 Å². The normalized spacial score (nSPS) is 16.1. The molecule has 2 aliphatic heterocycles. The molecule has 4 N–H and O–H groups in total. The third-order valence-electron chi connectivity index (χ3n) is 6.90. The van der Waals surface area contributed by atoms with Crippen LogP contribution >= 0.6 is 0 Å². The molecule has 0 fully saturated rings. The molecule has 8 nitrogen and oxygen atoms in total. The quantitative estimate of drug-likeness (QED) is 0.337. The lowest BCUT2D eigenvalue weighted by Gasteiger charge is -2.21. The first-order valence-corrected chi connectivity index (χ1v) is 11.1. The first-order chi connectivity index (χ1) is 16.8. The number of cyclic esters (lactones) is 1. The zero-order valence-electron chi connectivity index (χ0n) is 18.6. The monoisotopic (exact) mass is 473 g/mol. The van der Waals surface area contributed by atoms with Gasteiger partial charge in [0.2, 0.25) is 0 Å². The SMILES string of the molecule is Cc1c(F)cc2nc3c(c(CN)c2c1-c1cccc(O)c1)Cn1c-3cc2c(c1=O)COC(=O)[C@H]2O. The van der Waals surface area contributed by atoms with Gasteiger partial charge in [0.1, 0.15) is 18.2 Å². The van der Waals surface area contributed by atoms with Crippen molar-refractivity contribution in [2.45, 2.75) is 32.7 Å². The van der Waals surface area contributed by atoms with Crippen LogP contribution in [0.2, 0.25) is 0 Å². The second kappa shape index (κ2) is 7.46. The number of benzene rings is 2. The molecule has 0 saturated carbocycles. The van der Waals surface area contributed by atoms with Crippen LogP contribution < -0.4 is 11.3 Å². The van der Waals surface area contributed by atoms with Crippen LogP contribution in [0.4, 0.5) is 4.39 Å². The van der Waals surface area contributed by atoms with Gasteiger partial charge in [-0.1, -0.05) is 12.1 Å². The Balaban J connectivity index is 1.69. The highest BCUT2D eigenvalue weighted by atomic mass is 19.1. The molecule has 0 aliphatic carbocycles. The summed E-state index contributed by atoms with van der Waals surface area (Å²) in [5.74, 6) is -1.24. The maximum absolute atomic E-state index is 15.1. The van der Waals surface area contributed by atoms with Gasteiger partial charge in [-0.15, -0.1) is 0 Å². The summed E-state index contributed by atoms with van der Waals surface area (Å²) in [7, 11) is 0. The van der Waals surface area contributed by atoms with Crippen LogP contribution in [-0.4, -0.2) is 25.7 Å². The van der Waals surface area contributed by atoms with Crippen molar-refractivity contribution in [1.82, 2.24) is 9.55 Å². The number of rotatable bonds is 2. The fourth-order valence-corrected chi connectivity index (χ4v) is 5.20. The van der Waals surface area contributed by atoms with Crippen LogP contribution in [0.1, 0.15) is 33.9 Å². The number of hydrogen-bond acceptors (Lipinski definition) is 7. The molecule has 0 saturated heterocycles. The highest BCUT2D eigenvalue weighted by Crippen LogP contribution is 2.42. The number of ether oxygens (including phenoxy) is 1. The summed E-state index contributed by atoms with van der Waals surface area (Å²) in [6, 6.07) is 9.46. The van der Waals surface area contributed by atoms with Gasteiger partial charge in [-0.2, -0.15) is 0 Å². The topological polar surface area (TPSA) is 128 Å². The molecule has 6 rings (SSSR count). The lowest BCUT2D eigenvalue weighted by Crippen LogP contribution is -2.32. The molecule has 1 atom stereocenters. The molecule has 4 heterocycles. The van der Waals surface area contributed by atoms with Crippen LogP contribution in [0.25, 0.3) is 33.4 Å². The zero-order valence-corrected chi connectivity index (χ0v) is 18.6. The first-order valence-electron chi connectivity index (χ1n) is 11.1. The number of phenolic OH excluding ortho intramolecular Hbond substituents is 1. The number of aliphatic hydroxyl groups excluding tert-OH is 1. The van der Waals surface area contributed by atoms with Crippen LogP contribution in [0.5, 0.6) is 5.75 Å². The third kappa shape index (κ3) is 2.95. The molecule has 0 bridgehead atoms. The van der Waals surface area contributed by atoms with Gasteiger partial charge in [-0.05, 0) is 47.4 Å². The Morgan fingerprint density at radius 3 is 2.77 bits per heavy atom. The van der Waals surface area contributed by atoms with Gasteiger partial charge >= 0.3 is 5.97 Å². The van der Waals surface area contributed by atoms with Crippen molar-refractivity contribution in [2.24, 2.45) is 5.73 Å². The molecule has 176 valence electrons. The molecular formula is C26H20FN3O5. The minimum Gasteiger partial charge on any atom is -0.508 e. The summed E-state index contributed by atoms with van der Waals surface area (Å²) in [5, 5.41) is 21.0. The molecule has 0 radical (unpaired) electrons. The molecule has 2 aromatic carbocycles. The first kappa shape index (κ1) is 21.5. The van der Waals surface area contributed by atoms with Crippen molar-refractivity contribution >= 4 is 16.9 Å². The standard InChI is InChI=1S/C26H20FN3O5/c1-11-18(27)7-19-22(21(11)12-3-2-4-13(31)5-12)15(8-28)16-9-30-20(23(16)29-19)6-14-17(25(30)33)10-35-26(34)24(14)32/h2-7,24,31-32H,8-10,28H2,1H3/t24-/m0/s1. The number of fused-ring (bicyclic) bond motifs is 5. The van der Waals surface area contributed by atoms with Crippen LogP contribution in [0.3, 0.4) is 0 Å². The molecule has 35 heavy (non-hydrogen) atoms. The fourth-order valence-electron chi connectivity index (χ4n) is 5.20. The van der Waals surface area contributed by atoms with E-state index in [1.165, 1.54) is 16.7 Å². The Morgan fingerprint density at radius 1 is 1.23 bits per heavy atom. The van der Waals surface area contributed by atoms with Crippen molar-refractivity contribution in [1.29, 1.82) is 0 Å². The zero-order chi connectivity index (χ0) is 24.6. The van der Waals surface area contributed by atoms with Gasteiger partial charge in [0.05, 0.1) is 29.0 Å². The number of aromatic hydroxyl groups is 1. The summed E-state index contributed by atoms with van der Waals surface area (Å²) in [6.45, 7) is 1.73. The smallest absolute Gasteiger partial charge is 0.340 e. The molecule has 2 aliphatic rings. The van der Waals surface area contributed by atoms with E-state index in [1.54, 1.807) is 31.2 Å². The van der Waals surface area contributed by atoms with Crippen LogP contribution in [0, 0.1) is 12.7 Å². The number of aromatic nitrogens is 2. The maximum Gasteiger partial charge on any atom is 0.340 e. The van der Waals surface area contributed by atoms with E-state index in [9.17, 15) is 19.8 Å². The Hall–Kier alpha value is -4.08. The summed E-state index contributed by atoms with van der Waals surface area (Å²) in [4.78, 5) is 29.9. The third-order valence-corrected chi connectivity index (χ3v) is 6.90. The average Bonchev–Trinajstić information content (AvgIpc) is 3.20. The number of halogens is 1. The Morgan fingerprint density at radius 2 is 2.03 bits per heavy atom. The number of carbonyl (C=O) groups is 1. The van der Waals surface area contributed by atoms with E-state index in [1.807, 2.05) is 0 Å². The van der Waals surface area contributed by atoms with Crippen molar-refractivity contribution in [2.75, 3.05) is 0 Å². The Bertz CT molecular complexity index is 1660. The second-order valence-corrected chi connectivity index (χ2v) is 8.79. The van der Waals surface area contributed by atoms with Crippen molar-refractivity contribution < 1.29 is 24.1 Å². The number of pyridine rings is 2. The minimum atomic E-state index is -1.56. The van der Waals surface area contributed by atoms with Gasteiger partial charge in [0, 0.05) is 29.1 Å². The van der Waals surface area contributed by atoms with Gasteiger partial charge in [0.25, 0.3) is 5.56 Å². The number of hydrogen-bond donors (Lipinski definition) is 3. The van der Waals surface area contributed by atoms with Gasteiger partial charge in [-0.3, -0.25) is 4.79 Å². The predicted molar refractivity (Wildman–Crippen MR) is 125 cm³/mol. The lowest BCUT2D eigenvalue weighted by atomic mass is 9.90. The Kier molecular flexibility index (Phi) is 4.57. The predicted octanol–water partition coefficient (Wildman–Crippen LogP) is 2.79. The van der Waals surface area contributed by atoms with Crippen molar-refractivity contribution in [3.8, 4) is 28.3 Å². The summed E-state index contributed by atoms with van der Waals surface area (Å²) in [6.07, 6.45) is -1.56. The maximum atomic E-state index is 15.1. The molecule has 0 unspecified atom stereocenters. The number of carbonyl (C=O) groups excluding carboxylic acids is 1.